The van der Waals surface area contributed by atoms with E-state index in [0.29, 0.717) is 26.2 Å². The summed E-state index contributed by atoms with van der Waals surface area (Å²) in [5.41, 5.74) is 0. The van der Waals surface area contributed by atoms with Crippen LogP contribution in [0.1, 0.15) is 246 Å². The number of hydrogen-bond acceptors (Lipinski definition) is 4. The Labute approximate surface area is 303 Å². The highest BCUT2D eigenvalue weighted by molar-refractivity contribution is 5.69. The van der Waals surface area contributed by atoms with Crippen molar-refractivity contribution < 1.29 is 19.0 Å². The number of carbonyl (C=O) groups excluding carboxylic acids is 1. The average Bonchev–Trinajstić information content (AvgIpc) is 3.07. The van der Waals surface area contributed by atoms with E-state index < -0.39 is 0 Å². The Bertz CT molecular complexity index is 580. The van der Waals surface area contributed by atoms with Gasteiger partial charge in [0, 0.05) is 20.1 Å². The molecule has 0 amide bonds. The molecule has 0 radical (unpaired) electrons. The monoisotopic (exact) mass is 683 g/mol. The summed E-state index contributed by atoms with van der Waals surface area (Å²) in [6, 6.07) is 0. The van der Waals surface area contributed by atoms with Gasteiger partial charge < -0.3 is 14.2 Å². The van der Waals surface area contributed by atoms with Gasteiger partial charge in [-0.05, 0) is 32.1 Å². The van der Waals surface area contributed by atoms with Crippen molar-refractivity contribution in [3.63, 3.8) is 0 Å². The van der Waals surface area contributed by atoms with Gasteiger partial charge in [-0.2, -0.15) is 0 Å². The number of carbonyl (C=O) groups is 1. The number of esters is 1. The van der Waals surface area contributed by atoms with E-state index in [-0.39, 0.29) is 19.5 Å². The maximum atomic E-state index is 12.6. The Kier molecular flexibility index (Phi) is 45.8. The van der Waals surface area contributed by atoms with E-state index in [1.807, 2.05) is 0 Å². The van der Waals surface area contributed by atoms with Crippen molar-refractivity contribution >= 4 is 5.97 Å². The molecule has 4 heteroatoms. The molecule has 0 aromatic carbocycles. The zero-order valence-corrected chi connectivity index (χ0v) is 32.6. The van der Waals surface area contributed by atoms with E-state index in [0.717, 1.165) is 19.3 Å². The fourth-order valence-corrected chi connectivity index (χ4v) is 6.73. The summed E-state index contributed by atoms with van der Waals surface area (Å²) in [7, 11) is 1.68. The van der Waals surface area contributed by atoms with Gasteiger partial charge in [-0.1, -0.05) is 207 Å². The quantitative estimate of drug-likeness (QED) is 0.0475. The molecule has 1 unspecified atom stereocenters. The Hall–Kier alpha value is -0.610. The second-order valence-corrected chi connectivity index (χ2v) is 14.7. The lowest BCUT2D eigenvalue weighted by atomic mass is 10.0. The van der Waals surface area contributed by atoms with Crippen molar-refractivity contribution in [3.05, 3.63) is 0 Å². The summed E-state index contributed by atoms with van der Waals surface area (Å²) in [4.78, 5) is 12.6. The largest absolute Gasteiger partial charge is 0.462 e. The van der Waals surface area contributed by atoms with E-state index >= 15 is 0 Å². The van der Waals surface area contributed by atoms with Crippen molar-refractivity contribution in [2.24, 2.45) is 0 Å². The molecule has 1 atom stereocenters. The second kappa shape index (κ2) is 44.4. The zero-order valence-electron chi connectivity index (χ0n) is 32.6. The number of unbranched alkanes of at least 4 members (excludes halogenated alkanes) is 29. The molecule has 48 heavy (non-hydrogen) atoms. The molecule has 0 N–H and O–H groups in total. The smallest absolute Gasteiger partial charge is 0.306 e. The molecule has 0 aliphatic carbocycles. The number of rotatable bonds is 41. The lowest BCUT2D eigenvalue weighted by Gasteiger charge is -2.18. The molecule has 0 saturated heterocycles. The molecule has 0 bridgehead atoms. The van der Waals surface area contributed by atoms with Gasteiger partial charge in [0.15, 0.2) is 0 Å². The third-order valence-electron chi connectivity index (χ3n) is 9.91. The highest BCUT2D eigenvalue weighted by atomic mass is 16.5. The highest BCUT2D eigenvalue weighted by Gasteiger charge is 2.14. The lowest BCUT2D eigenvalue weighted by molar-refractivity contribution is -0.150. The van der Waals surface area contributed by atoms with Crippen LogP contribution in [0.15, 0.2) is 0 Å². The average molecular weight is 683 g/mol. The molecule has 0 rings (SSSR count). The first-order valence-corrected chi connectivity index (χ1v) is 21.5. The number of hydrogen-bond donors (Lipinski definition) is 0. The second-order valence-electron chi connectivity index (χ2n) is 14.7. The van der Waals surface area contributed by atoms with Crippen LogP contribution in [0.5, 0.6) is 0 Å². The molecule has 0 heterocycles. The molecular weight excluding hydrogens is 592 g/mol. The molecule has 0 aromatic heterocycles. The first kappa shape index (κ1) is 49.5. The van der Waals surface area contributed by atoms with Gasteiger partial charge >= 0.3 is 5.97 Å². The summed E-state index contributed by atoms with van der Waals surface area (Å²) >= 11 is 0. The van der Waals surface area contributed by atoms with Gasteiger partial charge in [-0.25, -0.2) is 0 Å². The van der Waals surface area contributed by atoms with Crippen molar-refractivity contribution in [2.45, 2.75) is 252 Å². The molecule has 0 fully saturated rings. The first-order chi connectivity index (χ1) is 23.2. The molecular formula is C44H90O4. The maximum Gasteiger partial charge on any atom is 0.306 e. The van der Waals surface area contributed by atoms with Crippen LogP contribution in [0, 0.1) is 0 Å². The van der Waals surface area contributed by atoms with Gasteiger partial charge in [-0.3, -0.25) is 4.79 Å². The Balaban J connectivity index is 0. The Morgan fingerprint density at radius 3 is 1.04 bits per heavy atom. The predicted octanol–water partition coefficient (Wildman–Crippen LogP) is 14.9. The summed E-state index contributed by atoms with van der Waals surface area (Å²) < 4.78 is 16.5. The minimum Gasteiger partial charge on any atom is -0.462 e. The zero-order chi connectivity index (χ0) is 34.1. The standard InChI is InChI=1S/C43H86O4.CH4/c1-4-6-8-10-12-14-16-18-20-22-24-26-28-30-32-34-37-42(47-43(44)38-35-39-46-41-40-45-3)36-33-31-29-27-25-23-21-19-17-15-13-11-9-7-5-2;/h42H,4-41H2,1-3H3;1H4. The van der Waals surface area contributed by atoms with Crippen LogP contribution in [0.2, 0.25) is 0 Å². The van der Waals surface area contributed by atoms with Crippen molar-refractivity contribution in [3.8, 4) is 0 Å². The van der Waals surface area contributed by atoms with Gasteiger partial charge in [0.1, 0.15) is 6.10 Å². The third-order valence-corrected chi connectivity index (χ3v) is 9.91. The van der Waals surface area contributed by atoms with Crippen LogP contribution >= 0.6 is 0 Å². The summed E-state index contributed by atoms with van der Waals surface area (Å²) in [5.74, 6) is -0.0391. The highest BCUT2D eigenvalue weighted by Crippen LogP contribution is 2.19. The maximum absolute atomic E-state index is 12.6. The van der Waals surface area contributed by atoms with Crippen LogP contribution in [0.3, 0.4) is 0 Å². The Morgan fingerprint density at radius 2 is 0.729 bits per heavy atom. The van der Waals surface area contributed by atoms with Crippen molar-refractivity contribution in [1.29, 1.82) is 0 Å². The molecule has 0 aromatic rings. The molecule has 0 spiro atoms. The molecule has 0 aliphatic heterocycles. The minimum atomic E-state index is -0.0391. The fourth-order valence-electron chi connectivity index (χ4n) is 6.73. The first-order valence-electron chi connectivity index (χ1n) is 21.5. The van der Waals surface area contributed by atoms with Gasteiger partial charge in [0.05, 0.1) is 13.2 Å². The van der Waals surface area contributed by atoms with Gasteiger partial charge in [-0.15, -0.1) is 0 Å². The molecule has 0 saturated carbocycles. The summed E-state index contributed by atoms with van der Waals surface area (Å²) in [5, 5.41) is 0. The fraction of sp³-hybridized carbons (Fsp3) is 0.977. The van der Waals surface area contributed by atoms with Crippen LogP contribution in [-0.2, 0) is 19.0 Å². The van der Waals surface area contributed by atoms with E-state index in [4.69, 9.17) is 14.2 Å². The third kappa shape index (κ3) is 41.6. The summed E-state index contributed by atoms with van der Waals surface area (Å²) in [6.07, 6.45) is 46.4. The van der Waals surface area contributed by atoms with Crippen LogP contribution in [0.4, 0.5) is 0 Å². The van der Waals surface area contributed by atoms with Crippen molar-refractivity contribution in [1.82, 2.24) is 0 Å². The minimum absolute atomic E-state index is 0. The van der Waals surface area contributed by atoms with E-state index in [9.17, 15) is 4.79 Å². The van der Waals surface area contributed by atoms with Crippen molar-refractivity contribution in [2.75, 3.05) is 26.9 Å². The molecule has 4 nitrogen and oxygen atoms in total. The van der Waals surface area contributed by atoms with Crippen LogP contribution in [0.25, 0.3) is 0 Å². The van der Waals surface area contributed by atoms with E-state index in [1.54, 1.807) is 7.11 Å². The van der Waals surface area contributed by atoms with E-state index in [2.05, 4.69) is 13.8 Å². The normalized spacial score (nSPS) is 11.9. The number of ether oxygens (including phenoxy) is 3. The predicted molar refractivity (Wildman–Crippen MR) is 212 cm³/mol. The van der Waals surface area contributed by atoms with E-state index in [1.165, 1.54) is 199 Å². The SMILES string of the molecule is C.CCCCCCCCCCCCCCCCCCC(CCCCCCCCCCCCCCCCC)OC(=O)CCCOCCOC. The van der Waals surface area contributed by atoms with Crippen LogP contribution < -0.4 is 0 Å². The van der Waals surface area contributed by atoms with Gasteiger partial charge in [0.2, 0.25) is 0 Å². The Morgan fingerprint density at radius 1 is 0.417 bits per heavy atom. The molecule has 290 valence electrons. The molecule has 0 aliphatic rings. The van der Waals surface area contributed by atoms with Crippen LogP contribution in [-0.4, -0.2) is 39.0 Å². The topological polar surface area (TPSA) is 44.8 Å². The summed E-state index contributed by atoms with van der Waals surface area (Å²) in [6.45, 7) is 6.38. The number of methoxy groups -OCH3 is 1. The lowest BCUT2D eigenvalue weighted by Crippen LogP contribution is -2.19. The van der Waals surface area contributed by atoms with Gasteiger partial charge in [0.25, 0.3) is 0 Å².